The van der Waals surface area contributed by atoms with Crippen molar-refractivity contribution in [2.24, 2.45) is 0 Å². The first-order chi connectivity index (χ1) is 14.5. The smallest absolute Gasteiger partial charge is 0.269 e. The van der Waals surface area contributed by atoms with Crippen LogP contribution >= 0.6 is 0 Å². The molecule has 1 amide bonds. The number of hydrogen-bond acceptors (Lipinski definition) is 4. The van der Waals surface area contributed by atoms with Crippen LogP contribution < -0.4 is 5.56 Å². The van der Waals surface area contributed by atoms with E-state index in [1.54, 1.807) is 4.90 Å². The predicted molar refractivity (Wildman–Crippen MR) is 114 cm³/mol. The lowest BCUT2D eigenvalue weighted by atomic mass is 9.93. The highest BCUT2D eigenvalue weighted by atomic mass is 16.6. The largest absolute Gasteiger partial charge is 0.331 e. The first-order valence-electron chi connectivity index (χ1n) is 10.2. The zero-order valence-corrected chi connectivity index (χ0v) is 16.5. The number of aromatic amines is 1. The minimum Gasteiger partial charge on any atom is -0.331 e. The van der Waals surface area contributed by atoms with Gasteiger partial charge >= 0.3 is 0 Å². The van der Waals surface area contributed by atoms with Crippen LogP contribution in [0.4, 0.5) is 5.69 Å². The van der Waals surface area contributed by atoms with E-state index in [2.05, 4.69) is 4.98 Å². The maximum absolute atomic E-state index is 13.3. The SMILES string of the molecule is O=C(c1ccc([N+](=O)[O-])cc1)N(Cc1cc2ccccc2[nH]c1=O)C1CCCCC1. The molecule has 0 spiro atoms. The van der Waals surface area contributed by atoms with Crippen LogP contribution in [0.1, 0.15) is 48.0 Å². The number of nitrogens with one attached hydrogen (secondary N) is 1. The average molecular weight is 405 g/mol. The summed E-state index contributed by atoms with van der Waals surface area (Å²) in [6, 6.07) is 15.1. The number of benzene rings is 2. The molecule has 1 heterocycles. The molecule has 0 aliphatic heterocycles. The maximum Gasteiger partial charge on any atom is 0.269 e. The third-order valence-corrected chi connectivity index (χ3v) is 5.77. The van der Waals surface area contributed by atoms with Crippen molar-refractivity contribution in [1.82, 2.24) is 9.88 Å². The van der Waals surface area contributed by atoms with Crippen LogP contribution in [-0.2, 0) is 6.54 Å². The number of carbonyl (C=O) groups is 1. The Balaban J connectivity index is 1.68. The van der Waals surface area contributed by atoms with E-state index >= 15 is 0 Å². The lowest BCUT2D eigenvalue weighted by Crippen LogP contribution is -2.42. The van der Waals surface area contributed by atoms with Gasteiger partial charge in [-0.25, -0.2) is 0 Å². The lowest BCUT2D eigenvalue weighted by molar-refractivity contribution is -0.384. The van der Waals surface area contributed by atoms with Gasteiger partial charge in [0.1, 0.15) is 0 Å². The summed E-state index contributed by atoms with van der Waals surface area (Å²) in [7, 11) is 0. The number of non-ortho nitro benzene ring substituents is 1. The van der Waals surface area contributed by atoms with E-state index in [4.69, 9.17) is 0 Å². The second kappa shape index (κ2) is 8.49. The summed E-state index contributed by atoms with van der Waals surface area (Å²) in [5, 5.41) is 11.8. The van der Waals surface area contributed by atoms with Gasteiger partial charge < -0.3 is 9.88 Å². The number of fused-ring (bicyclic) bond motifs is 1. The van der Waals surface area contributed by atoms with E-state index in [9.17, 15) is 19.7 Å². The normalized spacial score (nSPS) is 14.5. The molecule has 1 aliphatic carbocycles. The predicted octanol–water partition coefficient (Wildman–Crippen LogP) is 4.41. The molecule has 0 saturated heterocycles. The van der Waals surface area contributed by atoms with Crippen molar-refractivity contribution in [3.05, 3.63) is 86.2 Å². The van der Waals surface area contributed by atoms with Crippen LogP contribution in [0.15, 0.2) is 59.4 Å². The van der Waals surface area contributed by atoms with Crippen LogP contribution in [0.2, 0.25) is 0 Å². The van der Waals surface area contributed by atoms with Crippen molar-refractivity contribution < 1.29 is 9.72 Å². The highest BCUT2D eigenvalue weighted by Gasteiger charge is 2.27. The average Bonchev–Trinajstić information content (AvgIpc) is 2.78. The van der Waals surface area contributed by atoms with Gasteiger partial charge in [0.05, 0.1) is 11.5 Å². The molecule has 0 bridgehead atoms. The van der Waals surface area contributed by atoms with Gasteiger partial charge in [-0.3, -0.25) is 19.7 Å². The fourth-order valence-electron chi connectivity index (χ4n) is 4.14. The third-order valence-electron chi connectivity index (χ3n) is 5.77. The monoisotopic (exact) mass is 405 g/mol. The number of para-hydroxylation sites is 1. The number of nitro groups is 1. The summed E-state index contributed by atoms with van der Waals surface area (Å²) in [4.78, 5) is 41.1. The van der Waals surface area contributed by atoms with Crippen molar-refractivity contribution >= 4 is 22.5 Å². The van der Waals surface area contributed by atoms with E-state index in [0.717, 1.165) is 43.0 Å². The molecule has 1 fully saturated rings. The molecule has 1 aliphatic rings. The molecule has 1 saturated carbocycles. The third kappa shape index (κ3) is 4.10. The Hall–Kier alpha value is -3.48. The van der Waals surface area contributed by atoms with E-state index in [0.29, 0.717) is 11.1 Å². The molecule has 154 valence electrons. The summed E-state index contributed by atoms with van der Waals surface area (Å²) >= 11 is 0. The molecular weight excluding hydrogens is 382 g/mol. The zero-order chi connectivity index (χ0) is 21.1. The number of pyridine rings is 1. The molecule has 7 nitrogen and oxygen atoms in total. The van der Waals surface area contributed by atoms with Gasteiger partial charge in [-0.2, -0.15) is 0 Å². The Morgan fingerprint density at radius 1 is 1.07 bits per heavy atom. The molecule has 1 aromatic heterocycles. The minimum absolute atomic E-state index is 0.0484. The first kappa shape index (κ1) is 19.8. The molecule has 4 rings (SSSR count). The number of nitrogens with zero attached hydrogens (tertiary/aromatic N) is 2. The molecule has 0 radical (unpaired) electrons. The highest BCUT2D eigenvalue weighted by Crippen LogP contribution is 2.26. The fraction of sp³-hybridized carbons (Fsp3) is 0.304. The van der Waals surface area contributed by atoms with Crippen LogP contribution in [0, 0.1) is 10.1 Å². The highest BCUT2D eigenvalue weighted by molar-refractivity contribution is 5.94. The van der Waals surface area contributed by atoms with Gasteiger partial charge in [0.25, 0.3) is 17.2 Å². The van der Waals surface area contributed by atoms with Crippen molar-refractivity contribution in [3.63, 3.8) is 0 Å². The maximum atomic E-state index is 13.3. The van der Waals surface area contributed by atoms with Gasteiger partial charge in [-0.05, 0) is 42.5 Å². The Bertz CT molecular complexity index is 1130. The van der Waals surface area contributed by atoms with Crippen molar-refractivity contribution in [1.29, 1.82) is 0 Å². The van der Waals surface area contributed by atoms with Crippen LogP contribution in [0.3, 0.4) is 0 Å². The molecule has 3 aromatic rings. The van der Waals surface area contributed by atoms with Crippen LogP contribution in [-0.4, -0.2) is 26.8 Å². The number of hydrogen-bond donors (Lipinski definition) is 1. The number of rotatable bonds is 5. The van der Waals surface area contributed by atoms with Gasteiger partial charge in [0, 0.05) is 34.8 Å². The molecule has 0 atom stereocenters. The number of carbonyl (C=O) groups excluding carboxylic acids is 1. The minimum atomic E-state index is -0.484. The molecule has 1 N–H and O–H groups in total. The van der Waals surface area contributed by atoms with Crippen molar-refractivity contribution in [2.75, 3.05) is 0 Å². The standard InChI is InChI=1S/C23H23N3O4/c27-22-18(14-17-6-4-5-9-21(17)24-22)15-25(19-7-2-1-3-8-19)23(28)16-10-12-20(13-11-16)26(29)30/h4-6,9-14,19H,1-3,7-8,15H2,(H,24,27). The van der Waals surface area contributed by atoms with Crippen molar-refractivity contribution in [3.8, 4) is 0 Å². The van der Waals surface area contributed by atoms with Gasteiger partial charge in [-0.15, -0.1) is 0 Å². The first-order valence-corrected chi connectivity index (χ1v) is 10.2. The van der Waals surface area contributed by atoms with E-state index in [1.807, 2.05) is 30.3 Å². The fourth-order valence-corrected chi connectivity index (χ4v) is 4.14. The number of aromatic nitrogens is 1. The van der Waals surface area contributed by atoms with E-state index < -0.39 is 4.92 Å². The summed E-state index contributed by atoms with van der Waals surface area (Å²) in [5.74, 6) is -0.204. The van der Waals surface area contributed by atoms with Gasteiger partial charge in [-0.1, -0.05) is 37.5 Å². The number of nitro benzene ring substituents is 1. The summed E-state index contributed by atoms with van der Waals surface area (Å²) in [6.07, 6.45) is 5.02. The van der Waals surface area contributed by atoms with E-state index in [-0.39, 0.29) is 29.7 Å². The molecule has 2 aromatic carbocycles. The second-order valence-corrected chi connectivity index (χ2v) is 7.74. The Morgan fingerprint density at radius 3 is 2.47 bits per heavy atom. The summed E-state index contributed by atoms with van der Waals surface area (Å²) in [5.41, 5.74) is 1.43. The Kier molecular flexibility index (Phi) is 5.61. The topological polar surface area (TPSA) is 96.3 Å². The van der Waals surface area contributed by atoms with Crippen LogP contribution in [0.25, 0.3) is 10.9 Å². The van der Waals surface area contributed by atoms with Gasteiger partial charge in [0.15, 0.2) is 0 Å². The number of amides is 1. The second-order valence-electron chi connectivity index (χ2n) is 7.74. The Labute approximate surface area is 173 Å². The number of H-pyrrole nitrogens is 1. The van der Waals surface area contributed by atoms with Crippen molar-refractivity contribution in [2.45, 2.75) is 44.7 Å². The lowest BCUT2D eigenvalue weighted by Gasteiger charge is -2.34. The molecule has 0 unspecified atom stereocenters. The molecular formula is C23H23N3O4. The Morgan fingerprint density at radius 2 is 1.77 bits per heavy atom. The molecule has 30 heavy (non-hydrogen) atoms. The summed E-state index contributed by atoms with van der Waals surface area (Å²) < 4.78 is 0. The quantitative estimate of drug-likeness (QED) is 0.502. The summed E-state index contributed by atoms with van der Waals surface area (Å²) in [6.45, 7) is 0.209. The zero-order valence-electron chi connectivity index (χ0n) is 16.5. The van der Waals surface area contributed by atoms with Gasteiger partial charge in [0.2, 0.25) is 0 Å². The van der Waals surface area contributed by atoms with Crippen LogP contribution in [0.5, 0.6) is 0 Å². The van der Waals surface area contributed by atoms with E-state index in [1.165, 1.54) is 24.3 Å². The molecule has 7 heteroatoms.